The monoisotopic (exact) mass is 390 g/mol. The first-order chi connectivity index (χ1) is 14.0. The molecule has 29 heavy (non-hydrogen) atoms. The van der Waals surface area contributed by atoms with Crippen molar-refractivity contribution in [3.05, 3.63) is 83.6 Å². The van der Waals surface area contributed by atoms with E-state index in [9.17, 15) is 14.7 Å². The van der Waals surface area contributed by atoms with Gasteiger partial charge in [0.2, 0.25) is 0 Å². The van der Waals surface area contributed by atoms with Crippen LogP contribution in [-0.4, -0.2) is 28.5 Å². The fourth-order valence-electron chi connectivity index (χ4n) is 2.74. The van der Waals surface area contributed by atoms with E-state index in [0.29, 0.717) is 11.1 Å². The van der Waals surface area contributed by atoms with Crippen LogP contribution in [0.3, 0.4) is 0 Å². The second kappa shape index (κ2) is 8.97. The number of amidine groups is 1. The van der Waals surface area contributed by atoms with Crippen LogP contribution in [0, 0.1) is 16.7 Å². The SMILES string of the molecule is N=C(/C=C(\O)C1CC1)C(=O)NC(C(=O)NC(=N)c1ccccc1)c1ccccc1. The third-order valence-corrected chi connectivity index (χ3v) is 4.51. The minimum Gasteiger partial charge on any atom is -0.512 e. The van der Waals surface area contributed by atoms with Gasteiger partial charge in [-0.05, 0) is 18.4 Å². The summed E-state index contributed by atoms with van der Waals surface area (Å²) < 4.78 is 0. The lowest BCUT2D eigenvalue weighted by molar-refractivity contribution is -0.125. The lowest BCUT2D eigenvalue weighted by Gasteiger charge is -2.19. The van der Waals surface area contributed by atoms with Crippen molar-refractivity contribution in [2.24, 2.45) is 5.92 Å². The van der Waals surface area contributed by atoms with Gasteiger partial charge in [0.05, 0.1) is 5.76 Å². The van der Waals surface area contributed by atoms with Crippen molar-refractivity contribution in [1.29, 1.82) is 10.8 Å². The molecule has 1 atom stereocenters. The number of carbonyl (C=O) groups is 2. The van der Waals surface area contributed by atoms with Crippen LogP contribution in [0.5, 0.6) is 0 Å². The van der Waals surface area contributed by atoms with Gasteiger partial charge in [0.15, 0.2) is 0 Å². The van der Waals surface area contributed by atoms with E-state index in [1.165, 1.54) is 0 Å². The van der Waals surface area contributed by atoms with Gasteiger partial charge in [-0.2, -0.15) is 0 Å². The molecule has 7 heteroatoms. The molecular weight excluding hydrogens is 368 g/mol. The highest BCUT2D eigenvalue weighted by atomic mass is 16.3. The molecule has 0 heterocycles. The molecule has 0 bridgehead atoms. The average Bonchev–Trinajstić information content (AvgIpc) is 3.58. The smallest absolute Gasteiger partial charge is 0.270 e. The summed E-state index contributed by atoms with van der Waals surface area (Å²) in [4.78, 5) is 25.3. The van der Waals surface area contributed by atoms with Crippen molar-refractivity contribution in [1.82, 2.24) is 10.6 Å². The van der Waals surface area contributed by atoms with Crippen LogP contribution in [0.25, 0.3) is 0 Å². The first-order valence-electron chi connectivity index (χ1n) is 9.25. The second-order valence-electron chi connectivity index (χ2n) is 6.80. The van der Waals surface area contributed by atoms with E-state index in [1.54, 1.807) is 54.6 Å². The summed E-state index contributed by atoms with van der Waals surface area (Å²) in [6.45, 7) is 0. The lowest BCUT2D eigenvalue weighted by Crippen LogP contribution is -2.44. The first-order valence-corrected chi connectivity index (χ1v) is 9.25. The highest BCUT2D eigenvalue weighted by Crippen LogP contribution is 2.34. The van der Waals surface area contributed by atoms with Gasteiger partial charge in [-0.1, -0.05) is 60.7 Å². The Hall–Kier alpha value is -3.74. The van der Waals surface area contributed by atoms with E-state index in [-0.39, 0.29) is 17.5 Å². The molecule has 148 valence electrons. The number of hydrogen-bond donors (Lipinski definition) is 5. The zero-order valence-corrected chi connectivity index (χ0v) is 15.7. The largest absolute Gasteiger partial charge is 0.512 e. The van der Waals surface area contributed by atoms with Crippen molar-refractivity contribution >= 4 is 23.4 Å². The summed E-state index contributed by atoms with van der Waals surface area (Å²) in [7, 11) is 0. The summed E-state index contributed by atoms with van der Waals surface area (Å²) in [6.07, 6.45) is 2.81. The lowest BCUT2D eigenvalue weighted by atomic mass is 10.1. The summed E-state index contributed by atoms with van der Waals surface area (Å²) in [6, 6.07) is 16.2. The maximum absolute atomic E-state index is 12.8. The van der Waals surface area contributed by atoms with Gasteiger partial charge >= 0.3 is 0 Å². The van der Waals surface area contributed by atoms with Crippen molar-refractivity contribution in [3.63, 3.8) is 0 Å². The summed E-state index contributed by atoms with van der Waals surface area (Å²) in [5.41, 5.74) is 0.618. The van der Waals surface area contributed by atoms with Crippen molar-refractivity contribution in [2.75, 3.05) is 0 Å². The minimum atomic E-state index is -1.09. The highest BCUT2D eigenvalue weighted by molar-refractivity contribution is 6.42. The molecule has 5 N–H and O–H groups in total. The Balaban J connectivity index is 1.75. The number of carbonyl (C=O) groups excluding carboxylic acids is 2. The molecule has 1 unspecified atom stereocenters. The number of rotatable bonds is 7. The molecule has 3 rings (SSSR count). The van der Waals surface area contributed by atoms with E-state index < -0.39 is 23.6 Å². The molecule has 7 nitrogen and oxygen atoms in total. The Kier molecular flexibility index (Phi) is 6.19. The van der Waals surface area contributed by atoms with Crippen LogP contribution >= 0.6 is 0 Å². The number of amides is 2. The van der Waals surface area contributed by atoms with Gasteiger partial charge in [-0.25, -0.2) is 0 Å². The molecule has 2 amide bonds. The molecule has 1 aliphatic carbocycles. The number of hydrogen-bond acceptors (Lipinski definition) is 5. The molecule has 0 saturated heterocycles. The summed E-state index contributed by atoms with van der Waals surface area (Å²) in [5, 5.41) is 30.9. The molecule has 1 fully saturated rings. The standard InChI is InChI=1S/C22H22N4O3/c23-17(13-18(27)14-11-12-14)21(28)25-19(15-7-3-1-4-8-15)22(29)26-20(24)16-9-5-2-6-10-16/h1-10,13-14,19,23,27H,11-12H2,(H,25,28)(H2,24,26,29)/b18-13-,23-17?. The van der Waals surface area contributed by atoms with Crippen LogP contribution in [0.2, 0.25) is 0 Å². The van der Waals surface area contributed by atoms with Crippen LogP contribution in [0.4, 0.5) is 0 Å². The third-order valence-electron chi connectivity index (χ3n) is 4.51. The highest BCUT2D eigenvalue weighted by Gasteiger charge is 2.28. The Bertz CT molecular complexity index is 951. The van der Waals surface area contributed by atoms with Crippen LogP contribution < -0.4 is 10.6 Å². The van der Waals surface area contributed by atoms with E-state index >= 15 is 0 Å². The third kappa shape index (κ3) is 5.38. The maximum atomic E-state index is 12.8. The van der Waals surface area contributed by atoms with Gasteiger partial charge in [-0.3, -0.25) is 20.4 Å². The maximum Gasteiger partial charge on any atom is 0.270 e. The first kappa shape index (κ1) is 20.0. The van der Waals surface area contributed by atoms with Crippen molar-refractivity contribution in [2.45, 2.75) is 18.9 Å². The Labute approximate surface area is 168 Å². The Morgan fingerprint density at radius 1 is 1.00 bits per heavy atom. The van der Waals surface area contributed by atoms with E-state index in [2.05, 4.69) is 10.6 Å². The predicted molar refractivity (Wildman–Crippen MR) is 110 cm³/mol. The fourth-order valence-corrected chi connectivity index (χ4v) is 2.74. The fraction of sp³-hybridized carbons (Fsp3) is 0.182. The topological polar surface area (TPSA) is 126 Å². The van der Waals surface area contributed by atoms with Crippen LogP contribution in [0.1, 0.15) is 30.0 Å². The molecule has 1 aliphatic rings. The molecule has 0 aromatic heterocycles. The molecule has 2 aromatic carbocycles. The van der Waals surface area contributed by atoms with Gasteiger partial charge in [0.1, 0.15) is 17.6 Å². The molecule has 0 radical (unpaired) electrons. The normalized spacial score (nSPS) is 14.6. The van der Waals surface area contributed by atoms with Crippen LogP contribution in [0.15, 0.2) is 72.5 Å². The Morgan fingerprint density at radius 2 is 1.59 bits per heavy atom. The van der Waals surface area contributed by atoms with Gasteiger partial charge in [0, 0.05) is 17.6 Å². The van der Waals surface area contributed by atoms with Crippen molar-refractivity contribution in [3.8, 4) is 0 Å². The molecule has 0 aliphatic heterocycles. The van der Waals surface area contributed by atoms with Gasteiger partial charge in [0.25, 0.3) is 11.8 Å². The molecule has 1 saturated carbocycles. The molecule has 2 aromatic rings. The Morgan fingerprint density at radius 3 is 2.17 bits per heavy atom. The zero-order chi connectivity index (χ0) is 20.8. The summed E-state index contributed by atoms with van der Waals surface area (Å²) >= 11 is 0. The quantitative estimate of drug-likeness (QED) is 0.283. The predicted octanol–water partition coefficient (Wildman–Crippen LogP) is 2.86. The minimum absolute atomic E-state index is 0.0109. The number of allylic oxidation sites excluding steroid dienone is 1. The van der Waals surface area contributed by atoms with Crippen LogP contribution in [-0.2, 0) is 9.59 Å². The number of aliphatic hydroxyl groups excluding tert-OH is 1. The second-order valence-corrected chi connectivity index (χ2v) is 6.80. The van der Waals surface area contributed by atoms with E-state index in [0.717, 1.165) is 18.9 Å². The number of aliphatic hydroxyl groups is 1. The zero-order valence-electron chi connectivity index (χ0n) is 15.7. The van der Waals surface area contributed by atoms with E-state index in [4.69, 9.17) is 10.8 Å². The van der Waals surface area contributed by atoms with Gasteiger partial charge in [-0.15, -0.1) is 0 Å². The molecule has 0 spiro atoms. The van der Waals surface area contributed by atoms with E-state index in [1.807, 2.05) is 6.07 Å². The summed E-state index contributed by atoms with van der Waals surface area (Å²) in [5.74, 6) is -1.44. The average molecular weight is 390 g/mol. The molecular formula is C22H22N4O3. The number of benzene rings is 2. The number of nitrogens with one attached hydrogen (secondary N) is 4. The van der Waals surface area contributed by atoms with Crippen molar-refractivity contribution < 1.29 is 14.7 Å². The van der Waals surface area contributed by atoms with Gasteiger partial charge < -0.3 is 15.7 Å².